The fraction of sp³-hybridized carbons (Fsp3) is 0.778. The van der Waals surface area contributed by atoms with Crippen molar-refractivity contribution in [2.75, 3.05) is 7.11 Å². The second-order valence-corrected chi connectivity index (χ2v) is 2.92. The molecule has 0 aromatic carbocycles. The second kappa shape index (κ2) is 4.91. The molecule has 0 aromatic heterocycles. The van der Waals surface area contributed by atoms with E-state index < -0.39 is 0 Å². The van der Waals surface area contributed by atoms with Gasteiger partial charge in [0.05, 0.1) is 13.0 Å². The van der Waals surface area contributed by atoms with Crippen LogP contribution in [-0.4, -0.2) is 18.9 Å². The molecular formula is C9H16O3. The van der Waals surface area contributed by atoms with E-state index in [-0.39, 0.29) is 23.6 Å². The van der Waals surface area contributed by atoms with Gasteiger partial charge in [-0.2, -0.15) is 0 Å². The van der Waals surface area contributed by atoms with E-state index in [2.05, 4.69) is 4.74 Å². The van der Waals surface area contributed by atoms with Gasteiger partial charge in [-0.15, -0.1) is 0 Å². The van der Waals surface area contributed by atoms with Gasteiger partial charge in [-0.3, -0.25) is 9.59 Å². The Morgan fingerprint density at radius 2 is 1.75 bits per heavy atom. The highest BCUT2D eigenvalue weighted by atomic mass is 16.5. The number of ketones is 1. The lowest BCUT2D eigenvalue weighted by molar-refractivity contribution is -0.148. The van der Waals surface area contributed by atoms with Crippen LogP contribution in [0.5, 0.6) is 0 Å². The minimum Gasteiger partial charge on any atom is -0.469 e. The van der Waals surface area contributed by atoms with Crippen molar-refractivity contribution in [2.45, 2.75) is 27.2 Å². The summed E-state index contributed by atoms with van der Waals surface area (Å²) in [6.07, 6.45) is 0.475. The summed E-state index contributed by atoms with van der Waals surface area (Å²) in [5.74, 6) is -0.776. The number of esters is 1. The average Bonchev–Trinajstić information content (AvgIpc) is 2.12. The summed E-state index contributed by atoms with van der Waals surface area (Å²) in [7, 11) is 1.34. The minimum absolute atomic E-state index is 0.105. The van der Waals surface area contributed by atoms with Gasteiger partial charge in [-0.1, -0.05) is 20.8 Å². The van der Waals surface area contributed by atoms with Gasteiger partial charge in [-0.05, 0) is 0 Å². The molecule has 0 aliphatic rings. The van der Waals surface area contributed by atoms with Gasteiger partial charge in [0.1, 0.15) is 5.78 Å². The van der Waals surface area contributed by atoms with Crippen molar-refractivity contribution >= 4 is 11.8 Å². The van der Waals surface area contributed by atoms with Gasteiger partial charge in [0, 0.05) is 12.3 Å². The number of carbonyl (C=O) groups excluding carboxylic acids is 2. The van der Waals surface area contributed by atoms with Crippen molar-refractivity contribution in [1.82, 2.24) is 0 Å². The van der Waals surface area contributed by atoms with Crippen LogP contribution in [0.25, 0.3) is 0 Å². The molecule has 0 aromatic rings. The molecule has 3 heteroatoms. The monoisotopic (exact) mass is 172 g/mol. The van der Waals surface area contributed by atoms with Crippen molar-refractivity contribution in [3.05, 3.63) is 0 Å². The van der Waals surface area contributed by atoms with Gasteiger partial charge in [-0.25, -0.2) is 0 Å². The highest BCUT2D eigenvalue weighted by Crippen LogP contribution is 2.14. The van der Waals surface area contributed by atoms with Gasteiger partial charge >= 0.3 is 5.97 Å². The van der Waals surface area contributed by atoms with Crippen molar-refractivity contribution in [2.24, 2.45) is 11.8 Å². The lowest BCUT2D eigenvalue weighted by Gasteiger charge is -2.15. The normalized spacial score (nSPS) is 15.0. The van der Waals surface area contributed by atoms with Crippen LogP contribution in [0, 0.1) is 11.8 Å². The fourth-order valence-corrected chi connectivity index (χ4v) is 0.991. The Hall–Kier alpha value is -0.860. The van der Waals surface area contributed by atoms with E-state index in [1.54, 1.807) is 20.8 Å². The molecule has 0 rings (SSSR count). The standard InChI is InChI=1S/C9H16O3/c1-5-8(10)6(2)7(3)9(11)12-4/h6-7H,5H2,1-4H3. The lowest BCUT2D eigenvalue weighted by atomic mass is 9.91. The lowest BCUT2D eigenvalue weighted by Crippen LogP contribution is -2.25. The van der Waals surface area contributed by atoms with E-state index >= 15 is 0 Å². The molecule has 0 aliphatic heterocycles. The number of rotatable bonds is 4. The molecule has 0 saturated carbocycles. The van der Waals surface area contributed by atoms with Gasteiger partial charge in [0.2, 0.25) is 0 Å². The van der Waals surface area contributed by atoms with E-state index in [9.17, 15) is 9.59 Å². The molecule has 3 nitrogen and oxygen atoms in total. The molecule has 0 N–H and O–H groups in total. The first-order valence-electron chi connectivity index (χ1n) is 4.15. The van der Waals surface area contributed by atoms with Crippen LogP contribution >= 0.6 is 0 Å². The summed E-state index contributed by atoms with van der Waals surface area (Å²) >= 11 is 0. The molecular weight excluding hydrogens is 156 g/mol. The molecule has 12 heavy (non-hydrogen) atoms. The number of ether oxygens (including phenoxy) is 1. The van der Waals surface area contributed by atoms with Gasteiger partial charge in [0.15, 0.2) is 0 Å². The van der Waals surface area contributed by atoms with Crippen LogP contribution in [0.4, 0.5) is 0 Å². The Morgan fingerprint density at radius 3 is 2.08 bits per heavy atom. The third kappa shape index (κ3) is 2.64. The first kappa shape index (κ1) is 11.1. The fourth-order valence-electron chi connectivity index (χ4n) is 0.991. The molecule has 0 spiro atoms. The van der Waals surface area contributed by atoms with Crippen molar-refractivity contribution in [3.8, 4) is 0 Å². The van der Waals surface area contributed by atoms with E-state index in [4.69, 9.17) is 0 Å². The smallest absolute Gasteiger partial charge is 0.309 e. The Bertz CT molecular complexity index is 155. The molecule has 0 fully saturated rings. The molecule has 0 amide bonds. The van der Waals surface area contributed by atoms with Crippen molar-refractivity contribution in [3.63, 3.8) is 0 Å². The zero-order chi connectivity index (χ0) is 9.72. The maximum absolute atomic E-state index is 11.2. The molecule has 0 aliphatic carbocycles. The zero-order valence-corrected chi connectivity index (χ0v) is 8.09. The van der Waals surface area contributed by atoms with Crippen molar-refractivity contribution in [1.29, 1.82) is 0 Å². The van der Waals surface area contributed by atoms with E-state index in [0.29, 0.717) is 6.42 Å². The van der Waals surface area contributed by atoms with E-state index in [0.717, 1.165) is 0 Å². The minimum atomic E-state index is -0.331. The largest absolute Gasteiger partial charge is 0.469 e. The SMILES string of the molecule is CCC(=O)C(C)C(C)C(=O)OC. The number of methoxy groups -OCH3 is 1. The van der Waals surface area contributed by atoms with Crippen LogP contribution in [0.3, 0.4) is 0 Å². The van der Waals surface area contributed by atoms with Crippen LogP contribution in [0.2, 0.25) is 0 Å². The maximum atomic E-state index is 11.2. The summed E-state index contributed by atoms with van der Waals surface area (Å²) in [5, 5.41) is 0. The Kier molecular flexibility index (Phi) is 4.55. The number of Topliss-reactive ketones (excluding diaryl/α,β-unsaturated/α-hetero) is 1. The predicted molar refractivity (Wildman–Crippen MR) is 45.6 cm³/mol. The van der Waals surface area contributed by atoms with Gasteiger partial charge in [0.25, 0.3) is 0 Å². The quantitative estimate of drug-likeness (QED) is 0.602. The molecule has 70 valence electrons. The summed E-state index contributed by atoms with van der Waals surface area (Å²) in [4.78, 5) is 22.2. The topological polar surface area (TPSA) is 43.4 Å². The molecule has 0 heterocycles. The number of hydrogen-bond acceptors (Lipinski definition) is 3. The first-order chi connectivity index (χ1) is 5.54. The highest BCUT2D eigenvalue weighted by Gasteiger charge is 2.25. The summed E-state index contributed by atoms with van der Waals surface area (Å²) in [6.45, 7) is 5.26. The molecule has 2 atom stereocenters. The molecule has 2 unspecified atom stereocenters. The van der Waals surface area contributed by atoms with Crippen LogP contribution < -0.4 is 0 Å². The summed E-state index contributed by atoms with van der Waals surface area (Å²) < 4.78 is 4.54. The summed E-state index contributed by atoms with van der Waals surface area (Å²) in [6, 6.07) is 0. The molecule has 0 radical (unpaired) electrons. The Labute approximate surface area is 73.1 Å². The number of hydrogen-bond donors (Lipinski definition) is 0. The Balaban J connectivity index is 4.18. The van der Waals surface area contributed by atoms with Crippen LogP contribution in [-0.2, 0) is 14.3 Å². The first-order valence-corrected chi connectivity index (χ1v) is 4.15. The predicted octanol–water partition coefficient (Wildman–Crippen LogP) is 1.41. The zero-order valence-electron chi connectivity index (χ0n) is 8.09. The second-order valence-electron chi connectivity index (χ2n) is 2.92. The van der Waals surface area contributed by atoms with E-state index in [1.165, 1.54) is 7.11 Å². The van der Waals surface area contributed by atoms with Crippen molar-refractivity contribution < 1.29 is 14.3 Å². The Morgan fingerprint density at radius 1 is 1.25 bits per heavy atom. The average molecular weight is 172 g/mol. The highest BCUT2D eigenvalue weighted by molar-refractivity contribution is 5.86. The summed E-state index contributed by atoms with van der Waals surface area (Å²) in [5.41, 5.74) is 0. The van der Waals surface area contributed by atoms with Crippen LogP contribution in [0.15, 0.2) is 0 Å². The third-order valence-corrected chi connectivity index (χ3v) is 2.18. The molecule has 0 saturated heterocycles. The van der Waals surface area contributed by atoms with E-state index in [1.807, 2.05) is 0 Å². The number of carbonyl (C=O) groups is 2. The maximum Gasteiger partial charge on any atom is 0.309 e. The van der Waals surface area contributed by atoms with Gasteiger partial charge < -0.3 is 4.74 Å². The molecule has 0 bridgehead atoms. The van der Waals surface area contributed by atoms with Crippen LogP contribution in [0.1, 0.15) is 27.2 Å². The third-order valence-electron chi connectivity index (χ3n) is 2.18.